The summed E-state index contributed by atoms with van der Waals surface area (Å²) in [6.07, 6.45) is 3.48. The molecule has 0 spiro atoms. The van der Waals surface area contributed by atoms with Crippen molar-refractivity contribution in [2.24, 2.45) is 0 Å². The normalized spacial score (nSPS) is 21.4. The Morgan fingerprint density at radius 1 is 0.659 bits per heavy atom. The number of aromatic nitrogens is 4. The Labute approximate surface area is 489 Å². The molecule has 0 unspecified atom stereocenters. The number of nitrogens with zero attached hydrogens (tertiary/aromatic N) is 13. The summed E-state index contributed by atoms with van der Waals surface area (Å²) in [7, 11) is 4.17. The number of benzene rings is 4. The molecule has 2 aromatic heterocycles. The number of amides is 1. The highest BCUT2D eigenvalue weighted by Gasteiger charge is 2.35. The van der Waals surface area contributed by atoms with Gasteiger partial charge >= 0.3 is 12.0 Å². The minimum Gasteiger partial charge on any atom is -0.461 e. The summed E-state index contributed by atoms with van der Waals surface area (Å²) >= 11 is 13.4. The summed E-state index contributed by atoms with van der Waals surface area (Å²) in [4.78, 5) is 47.6. The van der Waals surface area contributed by atoms with Crippen LogP contribution in [0.25, 0.3) is 21.5 Å². The fourth-order valence-corrected chi connectivity index (χ4v) is 12.7. The lowest BCUT2D eigenvalue weighted by molar-refractivity contribution is -0.128. The molecule has 1 amide bonds. The van der Waals surface area contributed by atoms with Crippen molar-refractivity contribution in [2.45, 2.75) is 63.1 Å². The Balaban J connectivity index is 0.000000173. The van der Waals surface area contributed by atoms with Crippen LogP contribution < -0.4 is 34.4 Å². The van der Waals surface area contributed by atoms with Crippen LogP contribution in [0.5, 0.6) is 12.0 Å². The highest BCUT2D eigenvalue weighted by Crippen LogP contribution is 2.39. The molecule has 6 aromatic rings. The summed E-state index contributed by atoms with van der Waals surface area (Å²) in [6, 6.07) is 29.7. The van der Waals surface area contributed by atoms with Crippen LogP contribution in [0.4, 0.5) is 23.0 Å². The molecule has 8 heterocycles. The smallest absolute Gasteiger partial charge is 0.318 e. The van der Waals surface area contributed by atoms with Gasteiger partial charge in [0.25, 0.3) is 0 Å². The third-order valence-electron chi connectivity index (χ3n) is 16.3. The third kappa shape index (κ3) is 12.8. The highest BCUT2D eigenvalue weighted by atomic mass is 35.5. The summed E-state index contributed by atoms with van der Waals surface area (Å²) in [5, 5.41) is 28.0. The predicted octanol–water partition coefficient (Wildman–Crippen LogP) is 6.92. The average Bonchev–Trinajstić information content (AvgIpc) is 3.69. The number of nitriles is 2. The number of likely N-dealkylation sites (N-methyl/N-ethyl adjacent to an activating group) is 2. The molecule has 21 heteroatoms. The van der Waals surface area contributed by atoms with E-state index in [1.54, 1.807) is 4.90 Å². The Morgan fingerprint density at radius 3 is 1.67 bits per heavy atom. The van der Waals surface area contributed by atoms with Gasteiger partial charge in [-0.25, -0.2) is 0 Å². The van der Waals surface area contributed by atoms with E-state index in [0.29, 0.717) is 77.6 Å². The minimum atomic E-state index is -0.261. The van der Waals surface area contributed by atoms with Gasteiger partial charge in [-0.15, -0.1) is 0 Å². The maximum absolute atomic E-state index is 12.5. The molecule has 0 saturated carbocycles. The van der Waals surface area contributed by atoms with Gasteiger partial charge < -0.3 is 58.6 Å². The van der Waals surface area contributed by atoms with E-state index in [4.69, 9.17) is 62.1 Å². The number of fused-ring (bicyclic) bond motifs is 4. The van der Waals surface area contributed by atoms with Gasteiger partial charge in [0.2, 0.25) is 5.91 Å². The topological polar surface area (TPSA) is 188 Å². The first-order valence-corrected chi connectivity index (χ1v) is 29.2. The van der Waals surface area contributed by atoms with E-state index in [-0.39, 0.29) is 36.6 Å². The molecule has 4 fully saturated rings. The number of nitrogens with one attached hydrogen (secondary N) is 1. The number of hydrogen-bond acceptors (Lipinski definition) is 18. The standard InChI is InChI=1S/C32H36ClN7O3.C29H34ClN7O2/c1-3-29(41)40-15-14-39(18-23(40)10-12-34)31-25-11-13-38(28-9-5-7-22-6-4-8-26(33)30(22)28)20-27(25)35-32(36-31)43-21-24-19-37(2)16-17-42-24;1-35-14-15-38-22(17-35)19-39-29-33-25-18-36(26-7-3-5-20-4-2-6-24(30)27(20)26)12-9-23(25)28(34-29)37-13-11-32-21(16-37)8-10-31/h3-9,23-24H,1,10-11,13-21H2,2H3;2-7,21-22,32H,8-9,11-19H2,1H3/t23-,24+;21-,22+/m00/s1. The molecule has 428 valence electrons. The van der Waals surface area contributed by atoms with Crippen molar-refractivity contribution in [1.82, 2.24) is 40.0 Å². The Morgan fingerprint density at radius 2 is 1.17 bits per heavy atom. The number of carbonyl (C=O) groups is 1. The van der Waals surface area contributed by atoms with Crippen molar-refractivity contribution < 1.29 is 23.7 Å². The molecule has 12 rings (SSSR count). The number of anilines is 4. The van der Waals surface area contributed by atoms with Crippen LogP contribution in [-0.2, 0) is 40.2 Å². The van der Waals surface area contributed by atoms with Crippen LogP contribution in [0.15, 0.2) is 85.5 Å². The van der Waals surface area contributed by atoms with Gasteiger partial charge in [0.15, 0.2) is 0 Å². The van der Waals surface area contributed by atoms with Crippen molar-refractivity contribution in [2.75, 3.05) is 139 Å². The number of rotatable bonds is 13. The summed E-state index contributed by atoms with van der Waals surface area (Å²) in [5.74, 6) is 1.58. The van der Waals surface area contributed by atoms with Crippen LogP contribution in [-0.4, -0.2) is 184 Å². The van der Waals surface area contributed by atoms with Crippen LogP contribution in [0, 0.1) is 22.7 Å². The van der Waals surface area contributed by atoms with E-state index in [1.165, 1.54) is 6.08 Å². The van der Waals surface area contributed by atoms with Gasteiger partial charge in [0.1, 0.15) is 37.1 Å². The summed E-state index contributed by atoms with van der Waals surface area (Å²) in [6.45, 7) is 15.9. The van der Waals surface area contributed by atoms with Crippen LogP contribution in [0.3, 0.4) is 0 Å². The highest BCUT2D eigenvalue weighted by molar-refractivity contribution is 6.37. The molecule has 0 aliphatic carbocycles. The maximum atomic E-state index is 12.5. The number of carbonyl (C=O) groups excluding carboxylic acids is 1. The number of morpholine rings is 2. The second-order valence-corrected chi connectivity index (χ2v) is 22.7. The molecule has 1 N–H and O–H groups in total. The lowest BCUT2D eigenvalue weighted by atomic mass is 10.0. The summed E-state index contributed by atoms with van der Waals surface area (Å²) < 4.78 is 24.2. The van der Waals surface area contributed by atoms with E-state index in [1.807, 2.05) is 24.3 Å². The SMILES string of the molecule is C=CC(=O)N1CCN(c2nc(OC[C@H]3CN(C)CCO3)nc3c2CCN(c2cccc4cccc(Cl)c24)C3)C[C@@H]1CC#N.CN1CCO[C@@H](COc2nc3c(c(N4CCN[C@@H](CC#N)C4)n2)CCN(c2cccc4cccc(Cl)c24)C3)C1. The minimum absolute atomic E-state index is 0.0136. The van der Waals surface area contributed by atoms with Crippen LogP contribution in [0.1, 0.15) is 35.4 Å². The molecule has 4 aromatic carbocycles. The van der Waals surface area contributed by atoms with Gasteiger partial charge in [-0.2, -0.15) is 30.5 Å². The molecule has 0 bridgehead atoms. The van der Waals surface area contributed by atoms with Gasteiger partial charge in [-0.3, -0.25) is 4.79 Å². The fraction of sp³-hybridized carbons (Fsp3) is 0.459. The molecule has 6 aliphatic rings. The molecular formula is C61H70Cl2N14O5. The van der Waals surface area contributed by atoms with E-state index < -0.39 is 0 Å². The molecular weight excluding hydrogens is 1080 g/mol. The number of piperazine rings is 2. The Hall–Kier alpha value is -7.07. The van der Waals surface area contributed by atoms with Crippen molar-refractivity contribution in [1.29, 1.82) is 10.5 Å². The van der Waals surface area contributed by atoms with Gasteiger partial charge in [0.05, 0.1) is 78.8 Å². The molecule has 82 heavy (non-hydrogen) atoms. The van der Waals surface area contributed by atoms with Crippen molar-refractivity contribution >= 4 is 73.7 Å². The van der Waals surface area contributed by atoms with E-state index in [9.17, 15) is 15.3 Å². The number of ether oxygens (including phenoxy) is 4. The lowest BCUT2D eigenvalue weighted by Gasteiger charge is -2.42. The second-order valence-electron chi connectivity index (χ2n) is 21.9. The second kappa shape index (κ2) is 26.0. The fourth-order valence-electron chi connectivity index (χ4n) is 12.2. The van der Waals surface area contributed by atoms with Gasteiger partial charge in [-0.1, -0.05) is 78.3 Å². The molecule has 4 atom stereocenters. The number of hydrogen-bond donors (Lipinski definition) is 1. The zero-order valence-corrected chi connectivity index (χ0v) is 48.2. The first-order chi connectivity index (χ1) is 40.0. The van der Waals surface area contributed by atoms with E-state index in [0.717, 1.165) is 149 Å². The summed E-state index contributed by atoms with van der Waals surface area (Å²) in [5.41, 5.74) is 6.29. The first kappa shape index (κ1) is 56.8. The number of halogens is 2. The van der Waals surface area contributed by atoms with Crippen LogP contribution in [0.2, 0.25) is 10.0 Å². The van der Waals surface area contributed by atoms with E-state index in [2.05, 4.69) is 116 Å². The lowest BCUT2D eigenvalue weighted by Crippen LogP contribution is -2.55. The third-order valence-corrected chi connectivity index (χ3v) is 17.0. The maximum Gasteiger partial charge on any atom is 0.318 e. The Bertz CT molecular complexity index is 3370. The zero-order chi connectivity index (χ0) is 56.7. The average molecular weight is 1150 g/mol. The molecule has 19 nitrogen and oxygen atoms in total. The van der Waals surface area contributed by atoms with Gasteiger partial charge in [-0.05, 0) is 68.1 Å². The van der Waals surface area contributed by atoms with Crippen molar-refractivity contribution in [3.63, 3.8) is 0 Å². The van der Waals surface area contributed by atoms with Crippen LogP contribution >= 0.6 is 23.2 Å². The molecule has 6 aliphatic heterocycles. The monoisotopic (exact) mass is 1150 g/mol. The predicted molar refractivity (Wildman–Crippen MR) is 319 cm³/mol. The largest absolute Gasteiger partial charge is 0.461 e. The first-order valence-electron chi connectivity index (χ1n) is 28.4. The van der Waals surface area contributed by atoms with Gasteiger partial charge in [0, 0.05) is 118 Å². The van der Waals surface area contributed by atoms with Crippen molar-refractivity contribution in [3.05, 3.63) is 118 Å². The Kier molecular flexibility index (Phi) is 18.0. The quantitative estimate of drug-likeness (QED) is 0.117. The zero-order valence-electron chi connectivity index (χ0n) is 46.7. The van der Waals surface area contributed by atoms with E-state index >= 15 is 0 Å². The van der Waals surface area contributed by atoms with Crippen molar-refractivity contribution in [3.8, 4) is 24.2 Å². The molecule has 0 radical (unpaired) electrons. The molecule has 4 saturated heterocycles.